The molecule has 1 aliphatic heterocycles. The van der Waals surface area contributed by atoms with Gasteiger partial charge in [-0.05, 0) is 11.4 Å². The molecule has 0 bridgehead atoms. The Kier molecular flexibility index (Phi) is 8.00. The Morgan fingerprint density at radius 1 is 1.38 bits per heavy atom. The van der Waals surface area contributed by atoms with Gasteiger partial charge in [-0.1, -0.05) is 11.2 Å². The van der Waals surface area contributed by atoms with Gasteiger partial charge >= 0.3 is 13.1 Å². The molecule has 2 atom stereocenters. The zero-order chi connectivity index (χ0) is 23.1. The number of ether oxygens (including phenoxy) is 1. The Morgan fingerprint density at radius 2 is 2.19 bits per heavy atom. The summed E-state index contributed by atoms with van der Waals surface area (Å²) in [6, 6.07) is 5.66. The number of aliphatic carboxylic acids is 1. The zero-order valence-electron chi connectivity index (χ0n) is 16.6. The molecule has 0 radical (unpaired) electrons. The molecule has 3 heterocycles. The molecule has 3 rings (SSSR count). The van der Waals surface area contributed by atoms with E-state index < -0.39 is 31.0 Å². The van der Waals surface area contributed by atoms with E-state index in [1.807, 2.05) is 0 Å². The van der Waals surface area contributed by atoms with Crippen LogP contribution in [-0.4, -0.2) is 70.0 Å². The molecule has 2 aromatic rings. The van der Waals surface area contributed by atoms with Crippen molar-refractivity contribution < 1.29 is 39.2 Å². The minimum absolute atomic E-state index is 0.0509. The van der Waals surface area contributed by atoms with Gasteiger partial charge in [0.15, 0.2) is 17.7 Å². The number of carbonyl (C=O) groups excluding carboxylic acids is 1. The van der Waals surface area contributed by atoms with E-state index in [4.69, 9.17) is 19.3 Å². The number of pyridine rings is 1. The second-order valence-electron chi connectivity index (χ2n) is 6.75. The number of carboxylic acid groups (broad SMARTS) is 1. The molecule has 32 heavy (non-hydrogen) atoms. The molecule has 12 nitrogen and oxygen atoms in total. The second kappa shape index (κ2) is 10.9. The van der Waals surface area contributed by atoms with E-state index in [-0.39, 0.29) is 43.1 Å². The molecule has 0 spiro atoms. The molecule has 170 valence electrons. The lowest BCUT2D eigenvalue weighted by Gasteiger charge is -2.19. The second-order valence-corrected chi connectivity index (χ2v) is 7.70. The summed E-state index contributed by atoms with van der Waals surface area (Å²) >= 11 is 1.22. The SMILES string of the molecule is O=C(O)C[C@H]1COC[C@H](NC(=O)C(=NOCc2cc(=O)ccn2O)c2cccs2)B(O)O1. The van der Waals surface area contributed by atoms with Crippen molar-refractivity contribution in [1.29, 1.82) is 0 Å². The maximum atomic E-state index is 12.9. The molecule has 0 aromatic carbocycles. The number of nitrogens with one attached hydrogen (secondary N) is 1. The van der Waals surface area contributed by atoms with Gasteiger partial charge in [0, 0.05) is 18.3 Å². The highest BCUT2D eigenvalue weighted by atomic mass is 32.1. The van der Waals surface area contributed by atoms with Gasteiger partial charge in [-0.15, -0.1) is 11.3 Å². The van der Waals surface area contributed by atoms with Gasteiger partial charge in [-0.25, -0.2) is 0 Å². The van der Waals surface area contributed by atoms with E-state index in [1.54, 1.807) is 17.5 Å². The van der Waals surface area contributed by atoms with Gasteiger partial charge in [0.25, 0.3) is 5.91 Å². The molecule has 0 saturated carbocycles. The van der Waals surface area contributed by atoms with E-state index in [2.05, 4.69) is 10.5 Å². The fourth-order valence-corrected chi connectivity index (χ4v) is 3.49. The third-order valence-corrected chi connectivity index (χ3v) is 5.19. The maximum Gasteiger partial charge on any atom is 0.480 e. The lowest BCUT2D eigenvalue weighted by atomic mass is 9.79. The summed E-state index contributed by atoms with van der Waals surface area (Å²) in [6.07, 6.45) is -0.0638. The van der Waals surface area contributed by atoms with Crippen LogP contribution < -0.4 is 10.7 Å². The molecule has 1 aliphatic rings. The van der Waals surface area contributed by atoms with Crippen molar-refractivity contribution in [2.45, 2.75) is 25.1 Å². The molecule has 14 heteroatoms. The van der Waals surface area contributed by atoms with Crippen LogP contribution in [-0.2, 0) is 30.4 Å². The first-order valence-corrected chi connectivity index (χ1v) is 10.3. The Hall–Kier alpha value is -3.20. The van der Waals surface area contributed by atoms with Crippen LogP contribution in [0.1, 0.15) is 17.0 Å². The fourth-order valence-electron chi connectivity index (χ4n) is 2.79. The number of rotatable bonds is 8. The van der Waals surface area contributed by atoms with Crippen molar-refractivity contribution in [1.82, 2.24) is 10.0 Å². The molecular weight excluding hydrogens is 445 g/mol. The maximum absolute atomic E-state index is 12.9. The minimum Gasteiger partial charge on any atom is -0.481 e. The molecule has 1 amide bonds. The average molecular weight is 465 g/mol. The number of amides is 1. The van der Waals surface area contributed by atoms with E-state index in [1.165, 1.54) is 17.4 Å². The fraction of sp³-hybridized carbons (Fsp3) is 0.333. The molecular formula is C18H20BN3O9S. The van der Waals surface area contributed by atoms with Gasteiger partial charge in [0.2, 0.25) is 0 Å². The molecule has 1 fully saturated rings. The van der Waals surface area contributed by atoms with E-state index in [9.17, 15) is 24.6 Å². The summed E-state index contributed by atoms with van der Waals surface area (Å²) in [7, 11) is -1.50. The van der Waals surface area contributed by atoms with Crippen molar-refractivity contribution in [3.63, 3.8) is 0 Å². The minimum atomic E-state index is -1.50. The number of hydrogen-bond donors (Lipinski definition) is 4. The van der Waals surface area contributed by atoms with Crippen LogP contribution in [0.2, 0.25) is 0 Å². The highest BCUT2D eigenvalue weighted by Crippen LogP contribution is 2.13. The third kappa shape index (κ3) is 6.40. The Balaban J connectivity index is 1.70. The number of carboxylic acids is 1. The summed E-state index contributed by atoms with van der Waals surface area (Å²) in [6.45, 7) is -0.447. The van der Waals surface area contributed by atoms with Crippen LogP contribution in [0.3, 0.4) is 0 Å². The van der Waals surface area contributed by atoms with Gasteiger partial charge in [-0.3, -0.25) is 14.4 Å². The summed E-state index contributed by atoms with van der Waals surface area (Å²) in [5.74, 6) is -2.79. The summed E-state index contributed by atoms with van der Waals surface area (Å²) in [5.41, 5.74) is -0.323. The standard InChI is InChI=1S/C18H20BN3O9S/c23-12-3-4-22(28)11(6-12)8-30-21-17(14-2-1-5-32-14)18(26)20-15-10-29-9-13(7-16(24)25)31-19(15)27/h1-6,13,15,27-28H,7-10H2,(H,20,26)(H,24,25)/t13-,15-/m0/s1. The molecule has 1 saturated heterocycles. The number of oxime groups is 1. The number of aromatic nitrogens is 1. The first kappa shape index (κ1) is 23.5. The lowest BCUT2D eigenvalue weighted by Crippen LogP contribution is -2.52. The summed E-state index contributed by atoms with van der Waals surface area (Å²) < 4.78 is 11.3. The van der Waals surface area contributed by atoms with Crippen LogP contribution in [0.25, 0.3) is 0 Å². The normalized spacial score (nSPS) is 19.3. The molecule has 4 N–H and O–H groups in total. The smallest absolute Gasteiger partial charge is 0.480 e. The van der Waals surface area contributed by atoms with Gasteiger partial charge in [0.1, 0.15) is 5.69 Å². The Labute approximate surface area is 185 Å². The average Bonchev–Trinajstić information content (AvgIpc) is 3.20. The van der Waals surface area contributed by atoms with Gasteiger partial charge in [-0.2, -0.15) is 4.73 Å². The first-order chi connectivity index (χ1) is 15.3. The summed E-state index contributed by atoms with van der Waals surface area (Å²) in [5, 5.41) is 37.0. The number of thiophene rings is 1. The van der Waals surface area contributed by atoms with Crippen molar-refractivity contribution in [2.75, 3.05) is 13.2 Å². The molecule has 0 aliphatic carbocycles. The highest BCUT2D eigenvalue weighted by Gasteiger charge is 2.36. The highest BCUT2D eigenvalue weighted by molar-refractivity contribution is 7.13. The number of nitrogens with zero attached hydrogens (tertiary/aromatic N) is 2. The van der Waals surface area contributed by atoms with Crippen LogP contribution in [0, 0.1) is 0 Å². The summed E-state index contributed by atoms with van der Waals surface area (Å²) in [4.78, 5) is 40.8. The predicted octanol–water partition coefficient (Wildman–Crippen LogP) is -0.537. The van der Waals surface area contributed by atoms with Crippen LogP contribution in [0.4, 0.5) is 0 Å². The zero-order valence-corrected chi connectivity index (χ0v) is 17.4. The van der Waals surface area contributed by atoms with Crippen molar-refractivity contribution in [2.24, 2.45) is 5.16 Å². The first-order valence-electron chi connectivity index (χ1n) is 9.42. The Bertz CT molecular complexity index is 1030. The van der Waals surface area contributed by atoms with E-state index in [0.29, 0.717) is 9.61 Å². The third-order valence-electron chi connectivity index (χ3n) is 4.32. The molecule has 0 unspecified atom stereocenters. The quantitative estimate of drug-likeness (QED) is 0.173. The van der Waals surface area contributed by atoms with E-state index >= 15 is 0 Å². The topological polar surface area (TPSA) is 169 Å². The van der Waals surface area contributed by atoms with Crippen molar-refractivity contribution in [3.8, 4) is 0 Å². The predicted molar refractivity (Wildman–Crippen MR) is 111 cm³/mol. The largest absolute Gasteiger partial charge is 0.481 e. The van der Waals surface area contributed by atoms with Gasteiger partial charge in [0.05, 0.1) is 36.6 Å². The number of carbonyl (C=O) groups is 2. The molecule has 2 aromatic heterocycles. The van der Waals surface area contributed by atoms with Crippen molar-refractivity contribution >= 4 is 36.0 Å². The lowest BCUT2D eigenvalue weighted by molar-refractivity contribution is -0.139. The Morgan fingerprint density at radius 3 is 2.91 bits per heavy atom. The van der Waals surface area contributed by atoms with E-state index in [0.717, 1.165) is 12.3 Å². The monoisotopic (exact) mass is 465 g/mol. The van der Waals surface area contributed by atoms with Crippen LogP contribution in [0.5, 0.6) is 0 Å². The number of hydrogen-bond acceptors (Lipinski definition) is 10. The van der Waals surface area contributed by atoms with Crippen LogP contribution >= 0.6 is 11.3 Å². The van der Waals surface area contributed by atoms with Crippen molar-refractivity contribution in [3.05, 3.63) is 56.6 Å². The van der Waals surface area contributed by atoms with Crippen LogP contribution in [0.15, 0.2) is 45.8 Å². The van der Waals surface area contributed by atoms with Gasteiger partial charge < -0.3 is 34.9 Å².